The highest BCUT2D eigenvalue weighted by atomic mass is 32.2. The molecular formula is C21H27N3O3S. The van der Waals surface area contributed by atoms with E-state index in [9.17, 15) is 13.2 Å². The zero-order chi connectivity index (χ0) is 20.5. The number of nitrogens with zero attached hydrogens (tertiary/aromatic N) is 2. The van der Waals surface area contributed by atoms with Crippen LogP contribution in [0.3, 0.4) is 0 Å². The predicted octanol–water partition coefficient (Wildman–Crippen LogP) is 3.08. The van der Waals surface area contributed by atoms with Crippen LogP contribution >= 0.6 is 0 Å². The van der Waals surface area contributed by atoms with Crippen molar-refractivity contribution in [2.45, 2.75) is 32.6 Å². The summed E-state index contributed by atoms with van der Waals surface area (Å²) < 4.78 is 27.5. The molecule has 7 heteroatoms. The van der Waals surface area contributed by atoms with Crippen LogP contribution < -0.4 is 10.2 Å². The van der Waals surface area contributed by atoms with E-state index < -0.39 is 10.0 Å². The Bertz CT molecular complexity index is 953. The summed E-state index contributed by atoms with van der Waals surface area (Å²) in [7, 11) is -3.55. The predicted molar refractivity (Wildman–Crippen MR) is 112 cm³/mol. The summed E-state index contributed by atoms with van der Waals surface area (Å²) in [5, 5.41) is 2.65. The van der Waals surface area contributed by atoms with Gasteiger partial charge in [0, 0.05) is 44.5 Å². The highest BCUT2D eigenvalue weighted by Gasteiger charge is 2.29. The van der Waals surface area contributed by atoms with Crippen molar-refractivity contribution >= 4 is 27.3 Å². The van der Waals surface area contributed by atoms with Crippen LogP contribution in [0.2, 0.25) is 0 Å². The van der Waals surface area contributed by atoms with Gasteiger partial charge >= 0.3 is 0 Å². The summed E-state index contributed by atoms with van der Waals surface area (Å²) in [5.41, 5.74) is 5.48. The van der Waals surface area contributed by atoms with Gasteiger partial charge in [0.2, 0.25) is 15.9 Å². The highest BCUT2D eigenvalue weighted by Crippen LogP contribution is 2.28. The minimum atomic E-state index is -3.55. The lowest BCUT2D eigenvalue weighted by Gasteiger charge is -2.37. The van der Waals surface area contributed by atoms with Gasteiger partial charge < -0.3 is 10.2 Å². The molecule has 28 heavy (non-hydrogen) atoms. The third-order valence-electron chi connectivity index (χ3n) is 5.00. The average molecular weight is 402 g/mol. The van der Waals surface area contributed by atoms with Crippen LogP contribution in [0.1, 0.15) is 23.6 Å². The molecule has 0 saturated carbocycles. The van der Waals surface area contributed by atoms with Crippen molar-refractivity contribution in [1.82, 2.24) is 4.31 Å². The zero-order valence-corrected chi connectivity index (χ0v) is 17.6. The minimum absolute atomic E-state index is 0.187. The standard InChI is InChI=1S/C21H27N3O3S/c1-15-13-16(2)21(17(3)14-15)23-9-11-24(12-10-23)28(26,27)20-7-5-19(6-8-20)22-18(4)25/h5-8,13-14H,9-12H2,1-4H3,(H,22,25). The first-order valence-electron chi connectivity index (χ1n) is 9.39. The number of anilines is 2. The molecule has 1 saturated heterocycles. The molecule has 0 aromatic heterocycles. The topological polar surface area (TPSA) is 69.7 Å². The lowest BCUT2D eigenvalue weighted by molar-refractivity contribution is -0.114. The smallest absolute Gasteiger partial charge is 0.243 e. The van der Waals surface area contributed by atoms with Crippen molar-refractivity contribution in [3.8, 4) is 0 Å². The van der Waals surface area contributed by atoms with Crippen molar-refractivity contribution in [3.05, 3.63) is 53.1 Å². The molecule has 0 spiro atoms. The van der Waals surface area contributed by atoms with Crippen LogP contribution in [0.25, 0.3) is 0 Å². The van der Waals surface area contributed by atoms with E-state index >= 15 is 0 Å². The normalized spacial score (nSPS) is 15.5. The molecule has 2 aromatic rings. The Labute approximate surface area is 167 Å². The van der Waals surface area contributed by atoms with Crippen molar-refractivity contribution in [3.63, 3.8) is 0 Å². The number of nitrogens with one attached hydrogen (secondary N) is 1. The number of carbonyl (C=O) groups excluding carboxylic acids is 1. The molecule has 3 rings (SSSR count). The van der Waals surface area contributed by atoms with Crippen molar-refractivity contribution in [2.24, 2.45) is 0 Å². The first-order valence-corrected chi connectivity index (χ1v) is 10.8. The molecule has 1 amide bonds. The lowest BCUT2D eigenvalue weighted by atomic mass is 10.0. The summed E-state index contributed by atoms with van der Waals surface area (Å²) >= 11 is 0. The van der Waals surface area contributed by atoms with Crippen LogP contribution in [0.4, 0.5) is 11.4 Å². The average Bonchev–Trinajstić information content (AvgIpc) is 2.61. The van der Waals surface area contributed by atoms with Crippen molar-refractivity contribution in [1.29, 1.82) is 0 Å². The van der Waals surface area contributed by atoms with E-state index in [1.807, 2.05) is 0 Å². The Kier molecular flexibility index (Phi) is 5.76. The Morgan fingerprint density at radius 2 is 1.46 bits per heavy atom. The number of hydrogen-bond donors (Lipinski definition) is 1. The van der Waals surface area contributed by atoms with Crippen molar-refractivity contribution in [2.75, 3.05) is 36.4 Å². The number of benzene rings is 2. The molecule has 1 heterocycles. The van der Waals surface area contributed by atoms with Gasteiger partial charge in [-0.1, -0.05) is 17.7 Å². The first-order chi connectivity index (χ1) is 13.2. The fraction of sp³-hybridized carbons (Fsp3) is 0.381. The van der Waals surface area contributed by atoms with Gasteiger partial charge in [0.25, 0.3) is 0 Å². The van der Waals surface area contributed by atoms with Gasteiger partial charge in [0.1, 0.15) is 0 Å². The molecule has 6 nitrogen and oxygen atoms in total. The molecule has 1 fully saturated rings. The Hall–Kier alpha value is -2.38. The quantitative estimate of drug-likeness (QED) is 0.855. The van der Waals surface area contributed by atoms with Crippen LogP contribution in [-0.2, 0) is 14.8 Å². The number of amides is 1. The molecule has 0 bridgehead atoms. The monoisotopic (exact) mass is 401 g/mol. The van der Waals surface area contributed by atoms with Gasteiger partial charge in [-0.2, -0.15) is 4.31 Å². The van der Waals surface area contributed by atoms with Gasteiger partial charge in [-0.25, -0.2) is 8.42 Å². The highest BCUT2D eigenvalue weighted by molar-refractivity contribution is 7.89. The lowest BCUT2D eigenvalue weighted by Crippen LogP contribution is -2.49. The number of carbonyl (C=O) groups is 1. The van der Waals surface area contributed by atoms with E-state index in [4.69, 9.17) is 0 Å². The Morgan fingerprint density at radius 3 is 1.96 bits per heavy atom. The molecule has 1 aliphatic heterocycles. The molecule has 1 aliphatic rings. The molecule has 0 unspecified atom stereocenters. The number of hydrogen-bond acceptors (Lipinski definition) is 4. The van der Waals surface area contributed by atoms with Crippen LogP contribution in [0.5, 0.6) is 0 Å². The molecular weight excluding hydrogens is 374 g/mol. The third kappa shape index (κ3) is 4.20. The van der Waals surface area contributed by atoms with Crippen LogP contribution in [0.15, 0.2) is 41.3 Å². The second-order valence-electron chi connectivity index (χ2n) is 7.34. The summed E-state index contributed by atoms with van der Waals surface area (Å²) in [6, 6.07) is 10.7. The number of piperazine rings is 1. The van der Waals surface area contributed by atoms with E-state index in [2.05, 4.69) is 43.1 Å². The molecule has 0 aliphatic carbocycles. The Morgan fingerprint density at radius 1 is 0.929 bits per heavy atom. The maximum absolute atomic E-state index is 13.0. The van der Waals surface area contributed by atoms with Gasteiger partial charge in [-0.3, -0.25) is 4.79 Å². The molecule has 0 atom stereocenters. The zero-order valence-electron chi connectivity index (χ0n) is 16.8. The summed E-state index contributed by atoms with van der Waals surface area (Å²) in [6.45, 7) is 9.93. The van der Waals surface area contributed by atoms with E-state index in [1.165, 1.54) is 33.6 Å². The fourth-order valence-corrected chi connectivity index (χ4v) is 5.31. The van der Waals surface area contributed by atoms with E-state index in [-0.39, 0.29) is 10.8 Å². The summed E-state index contributed by atoms with van der Waals surface area (Å²) in [6.07, 6.45) is 0. The second-order valence-corrected chi connectivity index (χ2v) is 9.28. The largest absolute Gasteiger partial charge is 0.368 e. The van der Waals surface area contributed by atoms with Gasteiger partial charge in [0.15, 0.2) is 0 Å². The van der Waals surface area contributed by atoms with E-state index in [0.29, 0.717) is 31.9 Å². The number of rotatable bonds is 4. The first kappa shape index (κ1) is 20.4. The van der Waals surface area contributed by atoms with Gasteiger partial charge in [-0.15, -0.1) is 0 Å². The van der Waals surface area contributed by atoms with Crippen LogP contribution in [0, 0.1) is 20.8 Å². The SMILES string of the molecule is CC(=O)Nc1ccc(S(=O)(=O)N2CCN(c3c(C)cc(C)cc3C)CC2)cc1. The second kappa shape index (κ2) is 7.93. The third-order valence-corrected chi connectivity index (χ3v) is 6.92. The molecule has 1 N–H and O–H groups in total. The fourth-order valence-electron chi connectivity index (χ4n) is 3.89. The molecule has 2 aromatic carbocycles. The van der Waals surface area contributed by atoms with E-state index in [0.717, 1.165) is 0 Å². The summed E-state index contributed by atoms with van der Waals surface area (Å²) in [4.78, 5) is 13.6. The number of sulfonamides is 1. The maximum atomic E-state index is 13.0. The van der Waals surface area contributed by atoms with Gasteiger partial charge in [-0.05, 0) is 56.2 Å². The minimum Gasteiger partial charge on any atom is -0.368 e. The molecule has 0 radical (unpaired) electrons. The van der Waals surface area contributed by atoms with Crippen LogP contribution in [-0.4, -0.2) is 44.8 Å². The van der Waals surface area contributed by atoms with Crippen molar-refractivity contribution < 1.29 is 13.2 Å². The number of aryl methyl sites for hydroxylation is 3. The Balaban J connectivity index is 1.73. The summed E-state index contributed by atoms with van der Waals surface area (Å²) in [5.74, 6) is -0.187. The molecule has 150 valence electrons. The maximum Gasteiger partial charge on any atom is 0.243 e. The van der Waals surface area contributed by atoms with E-state index in [1.54, 1.807) is 24.3 Å². The van der Waals surface area contributed by atoms with Gasteiger partial charge in [0.05, 0.1) is 4.90 Å².